The Balaban J connectivity index is 3.37. The van der Waals surface area contributed by atoms with E-state index in [1.54, 1.807) is 0 Å². The largest absolute Gasteiger partial charge is 0.469 e. The summed E-state index contributed by atoms with van der Waals surface area (Å²) in [5.74, 6) is 0.445. The summed E-state index contributed by atoms with van der Waals surface area (Å²) in [6.07, 6.45) is 0.452. The van der Waals surface area contributed by atoms with Gasteiger partial charge in [-0.2, -0.15) is 0 Å². The minimum absolute atomic E-state index is 0.154. The van der Waals surface area contributed by atoms with Gasteiger partial charge in [0.15, 0.2) is 0 Å². The fourth-order valence-corrected chi connectivity index (χ4v) is 0.740. The van der Waals surface area contributed by atoms with E-state index in [9.17, 15) is 4.79 Å². The second kappa shape index (κ2) is 6.00. The van der Waals surface area contributed by atoms with E-state index in [0.717, 1.165) is 0 Å². The van der Waals surface area contributed by atoms with Crippen LogP contribution in [0.5, 0.6) is 0 Å². The molecule has 0 aromatic rings. The third-order valence-corrected chi connectivity index (χ3v) is 2.02. The van der Waals surface area contributed by atoms with Gasteiger partial charge in [0, 0.05) is 12.6 Å². The first-order chi connectivity index (χ1) is 5.57. The van der Waals surface area contributed by atoms with Crippen molar-refractivity contribution in [2.75, 3.05) is 13.7 Å². The lowest BCUT2D eigenvalue weighted by Crippen LogP contribution is -2.32. The van der Waals surface area contributed by atoms with E-state index in [-0.39, 0.29) is 5.97 Å². The summed E-state index contributed by atoms with van der Waals surface area (Å²) in [4.78, 5) is 10.7. The van der Waals surface area contributed by atoms with Gasteiger partial charge in [-0.1, -0.05) is 13.8 Å². The van der Waals surface area contributed by atoms with Crippen molar-refractivity contribution in [1.29, 1.82) is 0 Å². The first kappa shape index (κ1) is 11.4. The predicted molar refractivity (Wildman–Crippen MR) is 48.9 cm³/mol. The van der Waals surface area contributed by atoms with Crippen molar-refractivity contribution >= 4 is 5.97 Å². The van der Waals surface area contributed by atoms with E-state index in [2.05, 4.69) is 30.8 Å². The fourth-order valence-electron chi connectivity index (χ4n) is 0.740. The maximum Gasteiger partial charge on any atom is 0.306 e. The van der Waals surface area contributed by atoms with E-state index in [0.29, 0.717) is 24.9 Å². The number of hydrogen-bond acceptors (Lipinski definition) is 3. The van der Waals surface area contributed by atoms with Crippen LogP contribution in [0.1, 0.15) is 27.2 Å². The van der Waals surface area contributed by atoms with Gasteiger partial charge in [-0.25, -0.2) is 0 Å². The van der Waals surface area contributed by atoms with Gasteiger partial charge in [0.25, 0.3) is 0 Å². The zero-order valence-corrected chi connectivity index (χ0v) is 8.39. The third kappa shape index (κ3) is 5.13. The van der Waals surface area contributed by atoms with E-state index >= 15 is 0 Å². The predicted octanol–water partition coefficient (Wildman–Crippen LogP) is 1.18. The molecule has 0 saturated heterocycles. The number of nitrogens with one attached hydrogen (secondary N) is 1. The lowest BCUT2D eigenvalue weighted by Gasteiger charge is -2.16. The second-order valence-corrected chi connectivity index (χ2v) is 3.31. The molecule has 0 aliphatic carbocycles. The normalized spacial score (nSPS) is 13.1. The highest BCUT2D eigenvalue weighted by Crippen LogP contribution is 1.99. The number of methoxy groups -OCH3 is 1. The molecule has 1 unspecified atom stereocenters. The Kier molecular flexibility index (Phi) is 5.72. The Morgan fingerprint density at radius 3 is 2.42 bits per heavy atom. The molecule has 0 amide bonds. The van der Waals surface area contributed by atoms with Crippen molar-refractivity contribution in [1.82, 2.24) is 5.32 Å². The summed E-state index contributed by atoms with van der Waals surface area (Å²) in [6, 6.07) is 0.453. The smallest absolute Gasteiger partial charge is 0.306 e. The highest BCUT2D eigenvalue weighted by Gasteiger charge is 2.06. The summed E-state index contributed by atoms with van der Waals surface area (Å²) in [5, 5.41) is 3.25. The number of carbonyl (C=O) groups is 1. The van der Waals surface area contributed by atoms with Gasteiger partial charge in [0.2, 0.25) is 0 Å². The van der Waals surface area contributed by atoms with Gasteiger partial charge >= 0.3 is 5.97 Å². The molecule has 12 heavy (non-hydrogen) atoms. The van der Waals surface area contributed by atoms with Gasteiger partial charge in [0.05, 0.1) is 13.5 Å². The van der Waals surface area contributed by atoms with Gasteiger partial charge in [-0.15, -0.1) is 0 Å². The molecule has 0 heterocycles. The molecule has 1 N–H and O–H groups in total. The van der Waals surface area contributed by atoms with Crippen LogP contribution in [0.2, 0.25) is 0 Å². The third-order valence-electron chi connectivity index (χ3n) is 2.02. The molecule has 0 spiro atoms. The molecule has 0 aliphatic rings. The van der Waals surface area contributed by atoms with E-state index < -0.39 is 0 Å². The van der Waals surface area contributed by atoms with Crippen molar-refractivity contribution in [3.63, 3.8) is 0 Å². The molecular weight excluding hydrogens is 154 g/mol. The Bertz CT molecular complexity index is 134. The minimum Gasteiger partial charge on any atom is -0.469 e. The highest BCUT2D eigenvalue weighted by molar-refractivity contribution is 5.69. The molecule has 0 aliphatic heterocycles. The summed E-state index contributed by atoms with van der Waals surface area (Å²) in [7, 11) is 1.41. The zero-order chi connectivity index (χ0) is 9.56. The Morgan fingerprint density at radius 1 is 1.42 bits per heavy atom. The standard InChI is InChI=1S/C9H19NO2/c1-7(2)8(3)10-6-5-9(11)12-4/h7-8,10H,5-6H2,1-4H3. The van der Waals surface area contributed by atoms with Crippen LogP contribution in [0.4, 0.5) is 0 Å². The molecule has 0 aromatic heterocycles. The lowest BCUT2D eigenvalue weighted by atomic mass is 10.1. The second-order valence-electron chi connectivity index (χ2n) is 3.31. The molecule has 0 saturated carbocycles. The van der Waals surface area contributed by atoms with Crippen LogP contribution in [-0.4, -0.2) is 25.7 Å². The van der Waals surface area contributed by atoms with Crippen molar-refractivity contribution in [2.24, 2.45) is 5.92 Å². The van der Waals surface area contributed by atoms with Gasteiger partial charge in [0.1, 0.15) is 0 Å². The van der Waals surface area contributed by atoms with Crippen LogP contribution in [0.25, 0.3) is 0 Å². The Labute approximate surface area is 74.5 Å². The molecule has 0 aromatic carbocycles. The van der Waals surface area contributed by atoms with Crippen LogP contribution in [0.15, 0.2) is 0 Å². The number of hydrogen-bond donors (Lipinski definition) is 1. The Hall–Kier alpha value is -0.570. The van der Waals surface area contributed by atoms with Gasteiger partial charge in [-0.3, -0.25) is 4.79 Å². The summed E-state index contributed by atoms with van der Waals surface area (Å²) in [5.41, 5.74) is 0. The van der Waals surface area contributed by atoms with E-state index in [1.165, 1.54) is 7.11 Å². The monoisotopic (exact) mass is 173 g/mol. The van der Waals surface area contributed by atoms with Crippen LogP contribution >= 0.6 is 0 Å². The molecular formula is C9H19NO2. The summed E-state index contributed by atoms with van der Waals surface area (Å²) >= 11 is 0. The number of carbonyl (C=O) groups excluding carboxylic acids is 1. The molecule has 0 radical (unpaired) electrons. The lowest BCUT2D eigenvalue weighted by molar-refractivity contribution is -0.140. The van der Waals surface area contributed by atoms with E-state index in [4.69, 9.17) is 0 Å². The van der Waals surface area contributed by atoms with Gasteiger partial charge < -0.3 is 10.1 Å². The summed E-state index contributed by atoms with van der Waals surface area (Å²) in [6.45, 7) is 7.11. The topological polar surface area (TPSA) is 38.3 Å². The summed E-state index contributed by atoms with van der Waals surface area (Å²) < 4.78 is 4.51. The van der Waals surface area contributed by atoms with E-state index in [1.807, 2.05) is 0 Å². The molecule has 0 fully saturated rings. The SMILES string of the molecule is COC(=O)CCNC(C)C(C)C. The van der Waals surface area contributed by atoms with Crippen LogP contribution in [0, 0.1) is 5.92 Å². The van der Waals surface area contributed by atoms with Crippen LogP contribution < -0.4 is 5.32 Å². The molecule has 0 bridgehead atoms. The van der Waals surface area contributed by atoms with Crippen LogP contribution in [-0.2, 0) is 9.53 Å². The van der Waals surface area contributed by atoms with Crippen molar-refractivity contribution in [3.05, 3.63) is 0 Å². The first-order valence-electron chi connectivity index (χ1n) is 4.38. The molecule has 3 nitrogen and oxygen atoms in total. The molecule has 72 valence electrons. The maximum atomic E-state index is 10.7. The minimum atomic E-state index is -0.154. The van der Waals surface area contributed by atoms with Crippen molar-refractivity contribution in [2.45, 2.75) is 33.2 Å². The highest BCUT2D eigenvalue weighted by atomic mass is 16.5. The molecule has 1 atom stereocenters. The van der Waals surface area contributed by atoms with Crippen molar-refractivity contribution < 1.29 is 9.53 Å². The quantitative estimate of drug-likeness (QED) is 0.634. The Morgan fingerprint density at radius 2 is 2.00 bits per heavy atom. The fraction of sp³-hybridized carbons (Fsp3) is 0.889. The van der Waals surface area contributed by atoms with Crippen molar-refractivity contribution in [3.8, 4) is 0 Å². The number of rotatable bonds is 5. The maximum absolute atomic E-state index is 10.7. The molecule has 0 rings (SSSR count). The molecule has 3 heteroatoms. The van der Waals surface area contributed by atoms with Crippen LogP contribution in [0.3, 0.4) is 0 Å². The van der Waals surface area contributed by atoms with Gasteiger partial charge in [-0.05, 0) is 12.8 Å². The number of esters is 1. The zero-order valence-electron chi connectivity index (χ0n) is 8.39. The average molecular weight is 173 g/mol. The average Bonchev–Trinajstić information content (AvgIpc) is 2.03. The number of ether oxygens (including phenoxy) is 1. The first-order valence-corrected chi connectivity index (χ1v) is 4.38.